The van der Waals surface area contributed by atoms with Crippen molar-refractivity contribution in [2.45, 2.75) is 19.4 Å². The van der Waals surface area contributed by atoms with Gasteiger partial charge in [-0.1, -0.05) is 6.92 Å². The maximum atomic E-state index is 11.6. The highest BCUT2D eigenvalue weighted by atomic mass is 16.3. The van der Waals surface area contributed by atoms with Crippen LogP contribution in [0, 0.1) is 0 Å². The Morgan fingerprint density at radius 3 is 2.87 bits per heavy atom. The Labute approximate surface area is 88.3 Å². The van der Waals surface area contributed by atoms with Crippen LogP contribution < -0.4 is 11.1 Å². The molecule has 0 aliphatic heterocycles. The van der Waals surface area contributed by atoms with Gasteiger partial charge in [0, 0.05) is 6.20 Å². The first-order valence-electron chi connectivity index (χ1n) is 4.80. The first kappa shape index (κ1) is 11.5. The number of nitrogen functional groups attached to an aromatic ring is 1. The van der Waals surface area contributed by atoms with Crippen molar-refractivity contribution < 1.29 is 9.90 Å². The molecule has 1 aromatic rings. The number of aliphatic hydroxyl groups is 1. The normalized spacial score (nSPS) is 12.1. The Bertz CT molecular complexity index is 320. The Balaban J connectivity index is 2.64. The summed E-state index contributed by atoms with van der Waals surface area (Å²) in [5, 5.41) is 11.6. The molecule has 5 heteroatoms. The van der Waals surface area contributed by atoms with Gasteiger partial charge < -0.3 is 16.2 Å². The summed E-state index contributed by atoms with van der Waals surface area (Å²) in [5.74, 6) is 0.129. The van der Waals surface area contributed by atoms with E-state index < -0.39 is 0 Å². The summed E-state index contributed by atoms with van der Waals surface area (Å²) in [6, 6.07) is 2.95. The fourth-order valence-corrected chi connectivity index (χ4v) is 1.09. The fraction of sp³-hybridized carbons (Fsp3) is 0.400. The van der Waals surface area contributed by atoms with Crippen LogP contribution in [0.1, 0.15) is 23.7 Å². The molecule has 82 valence electrons. The molecule has 1 aromatic heterocycles. The van der Waals surface area contributed by atoms with Crippen LogP contribution in [0.25, 0.3) is 0 Å². The maximum absolute atomic E-state index is 11.6. The van der Waals surface area contributed by atoms with Crippen molar-refractivity contribution in [2.24, 2.45) is 0 Å². The summed E-state index contributed by atoms with van der Waals surface area (Å²) >= 11 is 0. The van der Waals surface area contributed by atoms with Crippen LogP contribution in [-0.2, 0) is 0 Å². The molecule has 1 amide bonds. The zero-order chi connectivity index (χ0) is 11.3. The lowest BCUT2D eigenvalue weighted by molar-refractivity contribution is 0.0914. The molecule has 4 N–H and O–H groups in total. The van der Waals surface area contributed by atoms with Crippen LogP contribution in [0.3, 0.4) is 0 Å². The third-order valence-corrected chi connectivity index (χ3v) is 2.10. The van der Waals surface area contributed by atoms with Crippen LogP contribution in [0.4, 0.5) is 5.82 Å². The number of amides is 1. The van der Waals surface area contributed by atoms with E-state index in [1.54, 1.807) is 12.1 Å². The number of hydrogen-bond acceptors (Lipinski definition) is 4. The van der Waals surface area contributed by atoms with Crippen LogP contribution in [0.15, 0.2) is 18.3 Å². The van der Waals surface area contributed by atoms with E-state index in [-0.39, 0.29) is 18.6 Å². The van der Waals surface area contributed by atoms with E-state index in [2.05, 4.69) is 10.3 Å². The van der Waals surface area contributed by atoms with Crippen molar-refractivity contribution in [3.8, 4) is 0 Å². The lowest BCUT2D eigenvalue weighted by Gasteiger charge is -2.13. The molecule has 0 spiro atoms. The minimum absolute atomic E-state index is 0.0648. The summed E-state index contributed by atoms with van der Waals surface area (Å²) in [5.41, 5.74) is 5.84. The molecule has 0 aliphatic rings. The summed E-state index contributed by atoms with van der Waals surface area (Å²) in [6.45, 7) is 1.83. The minimum atomic E-state index is -0.247. The molecule has 5 nitrogen and oxygen atoms in total. The van der Waals surface area contributed by atoms with Crippen molar-refractivity contribution in [1.29, 1.82) is 0 Å². The van der Waals surface area contributed by atoms with E-state index in [0.29, 0.717) is 17.8 Å². The second kappa shape index (κ2) is 5.31. The van der Waals surface area contributed by atoms with Gasteiger partial charge in [-0.05, 0) is 18.6 Å². The van der Waals surface area contributed by atoms with Gasteiger partial charge in [-0.3, -0.25) is 4.79 Å². The molecule has 0 saturated carbocycles. The quantitative estimate of drug-likeness (QED) is 0.659. The number of carbonyl (C=O) groups is 1. The molecule has 15 heavy (non-hydrogen) atoms. The number of aromatic nitrogens is 1. The third kappa shape index (κ3) is 3.21. The smallest absolute Gasteiger partial charge is 0.253 e. The summed E-state index contributed by atoms with van der Waals surface area (Å²) in [6.07, 6.45) is 2.10. The lowest BCUT2D eigenvalue weighted by atomic mass is 10.2. The van der Waals surface area contributed by atoms with Gasteiger partial charge in [-0.15, -0.1) is 0 Å². The molecular formula is C10H15N3O2. The molecule has 0 saturated heterocycles. The standard InChI is InChI=1S/C10H15N3O2/c1-2-8(6-14)13-10(15)7-3-4-9(11)12-5-7/h3-5,8,14H,2,6H2,1H3,(H2,11,12)(H,13,15)/t8-/m0/s1. The number of rotatable bonds is 4. The molecule has 1 heterocycles. The summed E-state index contributed by atoms with van der Waals surface area (Å²) < 4.78 is 0. The molecular weight excluding hydrogens is 194 g/mol. The average Bonchev–Trinajstić information content (AvgIpc) is 2.26. The number of hydrogen-bond donors (Lipinski definition) is 3. The zero-order valence-corrected chi connectivity index (χ0v) is 8.60. The van der Waals surface area contributed by atoms with E-state index in [0.717, 1.165) is 0 Å². The Morgan fingerprint density at radius 2 is 2.40 bits per heavy atom. The van der Waals surface area contributed by atoms with Crippen molar-refractivity contribution in [1.82, 2.24) is 10.3 Å². The predicted octanol–water partition coefficient (Wildman–Crippen LogP) is 0.164. The van der Waals surface area contributed by atoms with Crippen LogP contribution in [0.5, 0.6) is 0 Å². The lowest BCUT2D eigenvalue weighted by Crippen LogP contribution is -2.36. The van der Waals surface area contributed by atoms with Crippen molar-refractivity contribution in [3.05, 3.63) is 23.9 Å². The van der Waals surface area contributed by atoms with Gasteiger partial charge >= 0.3 is 0 Å². The Hall–Kier alpha value is -1.62. The SMILES string of the molecule is CC[C@@H](CO)NC(=O)c1ccc(N)nc1. The minimum Gasteiger partial charge on any atom is -0.394 e. The van der Waals surface area contributed by atoms with E-state index >= 15 is 0 Å². The van der Waals surface area contributed by atoms with Crippen molar-refractivity contribution in [2.75, 3.05) is 12.3 Å². The molecule has 0 fully saturated rings. The van der Waals surface area contributed by atoms with E-state index in [1.807, 2.05) is 6.92 Å². The van der Waals surface area contributed by atoms with Crippen LogP contribution >= 0.6 is 0 Å². The highest BCUT2D eigenvalue weighted by molar-refractivity contribution is 5.94. The van der Waals surface area contributed by atoms with Crippen molar-refractivity contribution in [3.63, 3.8) is 0 Å². The van der Waals surface area contributed by atoms with Gasteiger partial charge in [0.2, 0.25) is 0 Å². The fourth-order valence-electron chi connectivity index (χ4n) is 1.09. The second-order valence-electron chi connectivity index (χ2n) is 3.23. The van der Waals surface area contributed by atoms with Gasteiger partial charge in [-0.25, -0.2) is 4.98 Å². The van der Waals surface area contributed by atoms with Gasteiger partial charge in [-0.2, -0.15) is 0 Å². The average molecular weight is 209 g/mol. The number of nitrogens with one attached hydrogen (secondary N) is 1. The number of carbonyl (C=O) groups excluding carboxylic acids is 1. The number of anilines is 1. The molecule has 0 radical (unpaired) electrons. The highest BCUT2D eigenvalue weighted by Gasteiger charge is 2.10. The highest BCUT2D eigenvalue weighted by Crippen LogP contribution is 2.02. The van der Waals surface area contributed by atoms with Gasteiger partial charge in [0.1, 0.15) is 5.82 Å². The second-order valence-corrected chi connectivity index (χ2v) is 3.23. The number of nitrogens with zero attached hydrogens (tertiary/aromatic N) is 1. The first-order chi connectivity index (χ1) is 7.17. The predicted molar refractivity (Wildman–Crippen MR) is 57.3 cm³/mol. The number of nitrogens with two attached hydrogens (primary N) is 1. The molecule has 1 rings (SSSR count). The molecule has 0 unspecified atom stereocenters. The number of pyridine rings is 1. The van der Waals surface area contributed by atoms with E-state index in [9.17, 15) is 4.79 Å². The molecule has 0 aliphatic carbocycles. The van der Waals surface area contributed by atoms with Crippen molar-refractivity contribution >= 4 is 11.7 Å². The van der Waals surface area contributed by atoms with Crippen LogP contribution in [-0.4, -0.2) is 28.6 Å². The molecule has 1 atom stereocenters. The topological polar surface area (TPSA) is 88.2 Å². The summed E-state index contributed by atoms with van der Waals surface area (Å²) in [7, 11) is 0. The largest absolute Gasteiger partial charge is 0.394 e. The maximum Gasteiger partial charge on any atom is 0.253 e. The van der Waals surface area contributed by atoms with Gasteiger partial charge in [0.25, 0.3) is 5.91 Å². The first-order valence-corrected chi connectivity index (χ1v) is 4.80. The summed E-state index contributed by atoms with van der Waals surface area (Å²) in [4.78, 5) is 15.4. The molecule has 0 aromatic carbocycles. The zero-order valence-electron chi connectivity index (χ0n) is 8.60. The Morgan fingerprint density at radius 1 is 1.67 bits per heavy atom. The monoisotopic (exact) mass is 209 g/mol. The van der Waals surface area contributed by atoms with Gasteiger partial charge in [0.05, 0.1) is 18.2 Å². The number of aliphatic hydroxyl groups excluding tert-OH is 1. The Kier molecular flexibility index (Phi) is 4.05. The van der Waals surface area contributed by atoms with E-state index in [1.165, 1.54) is 6.20 Å². The van der Waals surface area contributed by atoms with Crippen LogP contribution in [0.2, 0.25) is 0 Å². The van der Waals surface area contributed by atoms with Gasteiger partial charge in [0.15, 0.2) is 0 Å². The third-order valence-electron chi connectivity index (χ3n) is 2.10. The molecule has 0 bridgehead atoms. The van der Waals surface area contributed by atoms with E-state index in [4.69, 9.17) is 10.8 Å².